The van der Waals surface area contributed by atoms with Crippen LogP contribution in [-0.4, -0.2) is 38.3 Å². The molecule has 0 radical (unpaired) electrons. The van der Waals surface area contributed by atoms with Crippen LogP contribution < -0.4 is 15.5 Å². The van der Waals surface area contributed by atoms with E-state index < -0.39 is 5.92 Å². The molecule has 1 fully saturated rings. The van der Waals surface area contributed by atoms with Crippen LogP contribution >= 0.6 is 0 Å². The zero-order valence-corrected chi connectivity index (χ0v) is 21.3. The van der Waals surface area contributed by atoms with Crippen molar-refractivity contribution in [3.63, 3.8) is 0 Å². The van der Waals surface area contributed by atoms with Gasteiger partial charge in [-0.3, -0.25) is 9.59 Å². The molecule has 1 aliphatic heterocycles. The lowest BCUT2D eigenvalue weighted by molar-refractivity contribution is -0.122. The molecule has 5 rings (SSSR count). The zero-order valence-electron chi connectivity index (χ0n) is 21.3. The van der Waals surface area contributed by atoms with E-state index in [0.29, 0.717) is 23.9 Å². The van der Waals surface area contributed by atoms with Gasteiger partial charge in [0.05, 0.1) is 11.6 Å². The third-order valence-electron chi connectivity index (χ3n) is 6.79. The molecule has 188 valence electrons. The Morgan fingerprint density at radius 2 is 1.59 bits per heavy atom. The summed E-state index contributed by atoms with van der Waals surface area (Å²) in [7, 11) is 0. The van der Waals surface area contributed by atoms with Crippen molar-refractivity contribution >= 4 is 34.7 Å². The lowest BCUT2D eigenvalue weighted by Crippen LogP contribution is -2.28. The van der Waals surface area contributed by atoms with E-state index in [0.717, 1.165) is 33.9 Å². The SMILES string of the molecule is Cc1ccc(N2CC(C(=O)Nc3ccc(Nc4ccc(-n5nc(C)c(C)c5C)nn4)cc3)CC2=O)cc1. The number of amides is 2. The Kier molecular flexibility index (Phi) is 6.43. The molecule has 2 aromatic heterocycles. The fraction of sp³-hybridized carbons (Fsp3) is 0.250. The van der Waals surface area contributed by atoms with E-state index in [2.05, 4.69) is 25.9 Å². The van der Waals surface area contributed by atoms with Crippen molar-refractivity contribution in [1.29, 1.82) is 0 Å². The van der Waals surface area contributed by atoms with E-state index in [4.69, 9.17) is 0 Å². The standard InChI is InChI=1S/C28H29N7O2/c1-17-5-11-24(12-6-17)34-16-21(15-27(34)36)28(37)30-23-9-7-22(8-10-23)29-25-13-14-26(32-31-25)35-20(4)18(2)19(3)33-35/h5-14,21H,15-16H2,1-4H3,(H,29,31)(H,30,37). The maximum Gasteiger partial charge on any atom is 0.229 e. The van der Waals surface area contributed by atoms with Gasteiger partial charge >= 0.3 is 0 Å². The zero-order chi connectivity index (χ0) is 26.1. The molecule has 1 unspecified atom stereocenters. The molecule has 2 amide bonds. The van der Waals surface area contributed by atoms with E-state index in [1.165, 1.54) is 0 Å². The average Bonchev–Trinajstić information content (AvgIpc) is 3.41. The monoisotopic (exact) mass is 495 g/mol. The lowest BCUT2D eigenvalue weighted by Gasteiger charge is -2.17. The smallest absolute Gasteiger partial charge is 0.229 e. The number of nitrogens with one attached hydrogen (secondary N) is 2. The molecule has 9 heteroatoms. The molecule has 9 nitrogen and oxygen atoms in total. The highest BCUT2D eigenvalue weighted by atomic mass is 16.2. The Balaban J connectivity index is 1.18. The number of aromatic nitrogens is 4. The third-order valence-corrected chi connectivity index (χ3v) is 6.79. The van der Waals surface area contributed by atoms with Crippen molar-refractivity contribution < 1.29 is 9.59 Å². The van der Waals surface area contributed by atoms with E-state index in [1.54, 1.807) is 9.58 Å². The van der Waals surface area contributed by atoms with E-state index in [-0.39, 0.29) is 18.2 Å². The van der Waals surface area contributed by atoms with Crippen LogP contribution in [0.5, 0.6) is 0 Å². The molecular weight excluding hydrogens is 466 g/mol. The Morgan fingerprint density at radius 3 is 2.22 bits per heavy atom. The van der Waals surface area contributed by atoms with Crippen LogP contribution in [0.2, 0.25) is 0 Å². The number of aryl methyl sites for hydroxylation is 2. The second-order valence-electron chi connectivity index (χ2n) is 9.42. The highest BCUT2D eigenvalue weighted by molar-refractivity contribution is 6.03. The lowest BCUT2D eigenvalue weighted by atomic mass is 10.1. The average molecular weight is 496 g/mol. The van der Waals surface area contributed by atoms with E-state index >= 15 is 0 Å². The summed E-state index contributed by atoms with van der Waals surface area (Å²) >= 11 is 0. The number of carbonyl (C=O) groups is 2. The van der Waals surface area contributed by atoms with E-state index in [9.17, 15) is 9.59 Å². The van der Waals surface area contributed by atoms with Gasteiger partial charge in [0.2, 0.25) is 11.8 Å². The number of nitrogens with zero attached hydrogens (tertiary/aromatic N) is 5. The van der Waals surface area contributed by atoms with Crippen LogP contribution in [0.1, 0.15) is 28.9 Å². The van der Waals surface area contributed by atoms with Gasteiger partial charge in [-0.1, -0.05) is 17.7 Å². The Labute approximate surface area is 215 Å². The molecule has 2 N–H and O–H groups in total. The fourth-order valence-corrected chi connectivity index (χ4v) is 4.34. The quantitative estimate of drug-likeness (QED) is 0.404. The minimum atomic E-state index is -0.397. The number of benzene rings is 2. The van der Waals surface area contributed by atoms with E-state index in [1.807, 2.05) is 88.4 Å². The summed E-state index contributed by atoms with van der Waals surface area (Å²) in [5, 5.41) is 19.2. The van der Waals surface area contributed by atoms with Crippen LogP contribution in [0.15, 0.2) is 60.7 Å². The van der Waals surface area contributed by atoms with Gasteiger partial charge in [-0.15, -0.1) is 10.2 Å². The number of hydrogen-bond donors (Lipinski definition) is 2. The summed E-state index contributed by atoms with van der Waals surface area (Å²) in [4.78, 5) is 27.0. The van der Waals surface area contributed by atoms with Gasteiger partial charge in [0, 0.05) is 35.7 Å². The summed E-state index contributed by atoms with van der Waals surface area (Å²) in [5.41, 5.74) is 6.57. The Bertz CT molecular complexity index is 1440. The maximum absolute atomic E-state index is 12.8. The van der Waals surface area contributed by atoms with Gasteiger partial charge in [-0.2, -0.15) is 5.10 Å². The topological polar surface area (TPSA) is 105 Å². The molecule has 0 bridgehead atoms. The fourth-order valence-electron chi connectivity index (χ4n) is 4.34. The summed E-state index contributed by atoms with van der Waals surface area (Å²) in [6, 6.07) is 18.8. The summed E-state index contributed by atoms with van der Waals surface area (Å²) < 4.78 is 1.79. The van der Waals surface area contributed by atoms with Crippen molar-refractivity contribution in [2.24, 2.45) is 5.92 Å². The first-order valence-electron chi connectivity index (χ1n) is 12.2. The second kappa shape index (κ2) is 9.85. The molecule has 1 aliphatic rings. The molecule has 0 aliphatic carbocycles. The van der Waals surface area contributed by atoms with Crippen molar-refractivity contribution in [2.45, 2.75) is 34.1 Å². The third kappa shape index (κ3) is 5.06. The van der Waals surface area contributed by atoms with Gasteiger partial charge in [0.1, 0.15) is 0 Å². The maximum atomic E-state index is 12.8. The molecule has 2 aromatic carbocycles. The first kappa shape index (κ1) is 24.2. The van der Waals surface area contributed by atoms with Crippen LogP contribution in [-0.2, 0) is 9.59 Å². The largest absolute Gasteiger partial charge is 0.339 e. The van der Waals surface area contributed by atoms with Gasteiger partial charge in [0.25, 0.3) is 0 Å². The van der Waals surface area contributed by atoms with Crippen molar-refractivity contribution in [3.05, 3.63) is 83.2 Å². The minimum absolute atomic E-state index is 0.0383. The summed E-state index contributed by atoms with van der Waals surface area (Å²) in [6.07, 6.45) is 0.200. The first-order chi connectivity index (χ1) is 17.8. The number of anilines is 4. The molecule has 3 heterocycles. The predicted octanol–water partition coefficient (Wildman–Crippen LogP) is 4.63. The molecule has 0 spiro atoms. The number of hydrogen-bond acceptors (Lipinski definition) is 6. The highest BCUT2D eigenvalue weighted by Gasteiger charge is 2.35. The van der Waals surface area contributed by atoms with Crippen molar-refractivity contribution in [2.75, 3.05) is 22.1 Å². The van der Waals surface area contributed by atoms with Crippen LogP contribution in [0, 0.1) is 33.6 Å². The normalized spacial score (nSPS) is 15.2. The minimum Gasteiger partial charge on any atom is -0.339 e. The molecule has 1 saturated heterocycles. The second-order valence-corrected chi connectivity index (χ2v) is 9.42. The summed E-state index contributed by atoms with van der Waals surface area (Å²) in [5.74, 6) is 0.655. The Morgan fingerprint density at radius 1 is 0.892 bits per heavy atom. The predicted molar refractivity (Wildman–Crippen MR) is 143 cm³/mol. The first-order valence-corrected chi connectivity index (χ1v) is 12.2. The Hall–Kier alpha value is -4.53. The van der Waals surface area contributed by atoms with Crippen LogP contribution in [0.25, 0.3) is 5.82 Å². The van der Waals surface area contributed by atoms with Crippen molar-refractivity contribution in [3.8, 4) is 5.82 Å². The van der Waals surface area contributed by atoms with Gasteiger partial charge in [-0.25, -0.2) is 4.68 Å². The van der Waals surface area contributed by atoms with Crippen LogP contribution in [0.3, 0.4) is 0 Å². The summed E-state index contributed by atoms with van der Waals surface area (Å²) in [6.45, 7) is 8.40. The van der Waals surface area contributed by atoms with Gasteiger partial charge < -0.3 is 15.5 Å². The van der Waals surface area contributed by atoms with Gasteiger partial charge in [-0.05, 0) is 81.8 Å². The number of carbonyl (C=O) groups excluding carboxylic acids is 2. The molecule has 1 atom stereocenters. The van der Waals surface area contributed by atoms with Crippen LogP contribution in [0.4, 0.5) is 22.9 Å². The molecule has 0 saturated carbocycles. The number of rotatable bonds is 6. The van der Waals surface area contributed by atoms with Crippen molar-refractivity contribution in [1.82, 2.24) is 20.0 Å². The molecule has 4 aromatic rings. The highest BCUT2D eigenvalue weighted by Crippen LogP contribution is 2.27. The molecule has 37 heavy (non-hydrogen) atoms. The van der Waals surface area contributed by atoms with Gasteiger partial charge in [0.15, 0.2) is 11.6 Å². The molecular formula is C28H29N7O2.